The average Bonchev–Trinajstić information content (AvgIpc) is 2.71. The number of phenols is 1. The predicted molar refractivity (Wildman–Crippen MR) is 106 cm³/mol. The van der Waals surface area contributed by atoms with Crippen LogP contribution in [-0.2, 0) is 12.8 Å². The lowest BCUT2D eigenvalue weighted by Crippen LogP contribution is -2.44. The highest BCUT2D eigenvalue weighted by molar-refractivity contribution is 7.99. The van der Waals surface area contributed by atoms with Crippen LogP contribution in [0, 0.1) is 0 Å². The highest BCUT2D eigenvalue weighted by Crippen LogP contribution is 2.37. The van der Waals surface area contributed by atoms with Gasteiger partial charge in [-0.3, -0.25) is 0 Å². The largest absolute Gasteiger partial charge is 0.508 e. The first-order valence-corrected chi connectivity index (χ1v) is 10.4. The van der Waals surface area contributed by atoms with E-state index < -0.39 is 6.10 Å². The molecule has 0 saturated carbocycles. The van der Waals surface area contributed by atoms with Crippen molar-refractivity contribution in [2.45, 2.75) is 36.3 Å². The SMILES string of the molecule is Oc1cccc2c1CC(NCC(O)COc1cccc3c1SCCC3)CO2. The Morgan fingerprint density at radius 2 is 2.15 bits per heavy atom. The lowest BCUT2D eigenvalue weighted by atomic mass is 10.0. The highest BCUT2D eigenvalue weighted by Gasteiger charge is 2.23. The molecule has 2 unspecified atom stereocenters. The Labute approximate surface area is 163 Å². The van der Waals surface area contributed by atoms with E-state index >= 15 is 0 Å². The number of thioether (sulfide) groups is 1. The summed E-state index contributed by atoms with van der Waals surface area (Å²) in [6.45, 7) is 1.19. The summed E-state index contributed by atoms with van der Waals surface area (Å²) >= 11 is 1.84. The van der Waals surface area contributed by atoms with E-state index in [1.165, 1.54) is 16.9 Å². The molecule has 2 aliphatic rings. The Hall–Kier alpha value is -1.89. The maximum Gasteiger partial charge on any atom is 0.133 e. The Morgan fingerprint density at radius 1 is 1.26 bits per heavy atom. The molecule has 3 N–H and O–H groups in total. The number of ether oxygens (including phenoxy) is 2. The molecule has 0 radical (unpaired) electrons. The number of hydrogen-bond donors (Lipinski definition) is 3. The van der Waals surface area contributed by atoms with Gasteiger partial charge in [0.2, 0.25) is 0 Å². The average molecular weight is 388 g/mol. The number of rotatable bonds is 6. The third-order valence-corrected chi connectivity index (χ3v) is 6.21. The van der Waals surface area contributed by atoms with E-state index in [0.717, 1.165) is 29.2 Å². The van der Waals surface area contributed by atoms with Crippen LogP contribution in [0.5, 0.6) is 17.2 Å². The predicted octanol–water partition coefficient (Wildman–Crippen LogP) is 2.76. The molecule has 2 aromatic rings. The summed E-state index contributed by atoms with van der Waals surface area (Å²) in [5.41, 5.74) is 2.16. The molecule has 0 aromatic heterocycles. The maximum atomic E-state index is 10.3. The van der Waals surface area contributed by atoms with Gasteiger partial charge in [-0.15, -0.1) is 11.8 Å². The maximum absolute atomic E-state index is 10.3. The zero-order chi connectivity index (χ0) is 18.6. The second-order valence-corrected chi connectivity index (χ2v) is 8.14. The van der Waals surface area contributed by atoms with Crippen molar-refractivity contribution >= 4 is 11.8 Å². The number of hydrogen-bond acceptors (Lipinski definition) is 6. The van der Waals surface area contributed by atoms with Crippen LogP contribution in [0.1, 0.15) is 17.5 Å². The molecule has 4 rings (SSSR count). The molecule has 0 aliphatic carbocycles. The summed E-state index contributed by atoms with van der Waals surface area (Å²) in [5, 5.41) is 23.6. The van der Waals surface area contributed by atoms with Crippen molar-refractivity contribution in [3.05, 3.63) is 47.5 Å². The Bertz CT molecular complexity index is 798. The summed E-state index contributed by atoms with van der Waals surface area (Å²) in [6.07, 6.45) is 2.37. The molecule has 0 fully saturated rings. The lowest BCUT2D eigenvalue weighted by Gasteiger charge is -2.27. The minimum absolute atomic E-state index is 0.0560. The van der Waals surface area contributed by atoms with Crippen LogP contribution in [0.3, 0.4) is 0 Å². The smallest absolute Gasteiger partial charge is 0.133 e. The molecule has 0 spiro atoms. The number of aromatic hydroxyl groups is 1. The van der Waals surface area contributed by atoms with E-state index in [1.807, 2.05) is 30.0 Å². The number of phenolic OH excluding ortho intramolecular Hbond substituents is 1. The van der Waals surface area contributed by atoms with E-state index in [4.69, 9.17) is 9.47 Å². The van der Waals surface area contributed by atoms with Gasteiger partial charge in [0.05, 0.1) is 4.90 Å². The highest BCUT2D eigenvalue weighted by atomic mass is 32.2. The molecular formula is C21H25NO4S. The van der Waals surface area contributed by atoms with Crippen molar-refractivity contribution in [2.75, 3.05) is 25.5 Å². The Balaban J connectivity index is 1.27. The van der Waals surface area contributed by atoms with E-state index in [2.05, 4.69) is 11.4 Å². The molecule has 0 saturated heterocycles. The molecule has 5 nitrogen and oxygen atoms in total. The molecule has 2 atom stereocenters. The van der Waals surface area contributed by atoms with Crippen molar-refractivity contribution < 1.29 is 19.7 Å². The van der Waals surface area contributed by atoms with Gasteiger partial charge in [-0.25, -0.2) is 0 Å². The van der Waals surface area contributed by atoms with Gasteiger partial charge in [-0.2, -0.15) is 0 Å². The van der Waals surface area contributed by atoms with Crippen LogP contribution < -0.4 is 14.8 Å². The third kappa shape index (κ3) is 4.34. The molecule has 0 bridgehead atoms. The molecule has 2 heterocycles. The normalized spacial score (nSPS) is 19.5. The van der Waals surface area contributed by atoms with Crippen LogP contribution in [0.2, 0.25) is 0 Å². The fourth-order valence-electron chi connectivity index (χ4n) is 3.54. The summed E-state index contributed by atoms with van der Waals surface area (Å²) in [6, 6.07) is 11.5. The number of benzene rings is 2. The molecule has 0 amide bonds. The quantitative estimate of drug-likeness (QED) is 0.708. The molecule has 2 aromatic carbocycles. The summed E-state index contributed by atoms with van der Waals surface area (Å²) in [4.78, 5) is 1.22. The van der Waals surface area contributed by atoms with Crippen molar-refractivity contribution in [1.29, 1.82) is 0 Å². The van der Waals surface area contributed by atoms with Gasteiger partial charge in [0.25, 0.3) is 0 Å². The van der Waals surface area contributed by atoms with Crippen molar-refractivity contribution in [1.82, 2.24) is 5.32 Å². The molecule has 27 heavy (non-hydrogen) atoms. The summed E-state index contributed by atoms with van der Waals surface area (Å²) < 4.78 is 11.6. The Morgan fingerprint density at radius 3 is 3.07 bits per heavy atom. The Kier molecular flexibility index (Phi) is 5.76. The van der Waals surface area contributed by atoms with E-state index in [1.54, 1.807) is 12.1 Å². The second-order valence-electron chi connectivity index (χ2n) is 7.04. The monoisotopic (exact) mass is 387 g/mol. The first-order chi connectivity index (χ1) is 13.2. The van der Waals surface area contributed by atoms with Gasteiger partial charge in [0.1, 0.15) is 36.6 Å². The van der Waals surface area contributed by atoms with Gasteiger partial charge >= 0.3 is 0 Å². The standard InChI is InChI=1S/C21H25NO4S/c23-16(13-26-20-8-1-4-14-5-3-9-27-21(14)20)11-22-15-10-17-18(24)6-2-7-19(17)25-12-15/h1-2,4,6-8,15-16,22-24H,3,5,9-13H2. The molecule has 6 heteroatoms. The zero-order valence-electron chi connectivity index (χ0n) is 15.2. The van der Waals surface area contributed by atoms with Crippen molar-refractivity contribution in [2.24, 2.45) is 0 Å². The fourth-order valence-corrected chi connectivity index (χ4v) is 4.66. The third-order valence-electron chi connectivity index (χ3n) is 4.97. The van der Waals surface area contributed by atoms with E-state index in [9.17, 15) is 10.2 Å². The lowest BCUT2D eigenvalue weighted by molar-refractivity contribution is 0.0979. The fraction of sp³-hybridized carbons (Fsp3) is 0.429. The van der Waals surface area contributed by atoms with Crippen LogP contribution in [-0.4, -0.2) is 47.9 Å². The first-order valence-electron chi connectivity index (χ1n) is 9.43. The number of aliphatic hydroxyl groups is 1. The first kappa shape index (κ1) is 18.5. The van der Waals surface area contributed by atoms with E-state index in [-0.39, 0.29) is 18.4 Å². The van der Waals surface area contributed by atoms with Gasteiger partial charge < -0.3 is 25.0 Å². The molecular weight excluding hydrogens is 362 g/mol. The number of aryl methyl sites for hydroxylation is 1. The van der Waals surface area contributed by atoms with Gasteiger partial charge in [-0.05, 0) is 48.8 Å². The van der Waals surface area contributed by atoms with Crippen molar-refractivity contribution in [3.8, 4) is 17.2 Å². The molecule has 2 aliphatic heterocycles. The van der Waals surface area contributed by atoms with Gasteiger partial charge in [0, 0.05) is 18.2 Å². The minimum atomic E-state index is -0.611. The number of aliphatic hydroxyl groups excluding tert-OH is 1. The number of fused-ring (bicyclic) bond motifs is 2. The van der Waals surface area contributed by atoms with Crippen LogP contribution in [0.25, 0.3) is 0 Å². The van der Waals surface area contributed by atoms with Gasteiger partial charge in [0.15, 0.2) is 0 Å². The summed E-state index contributed by atoms with van der Waals surface area (Å²) in [5.74, 6) is 2.99. The summed E-state index contributed by atoms with van der Waals surface area (Å²) in [7, 11) is 0. The minimum Gasteiger partial charge on any atom is -0.508 e. The van der Waals surface area contributed by atoms with Crippen LogP contribution >= 0.6 is 11.8 Å². The number of nitrogens with one attached hydrogen (secondary N) is 1. The topological polar surface area (TPSA) is 71.0 Å². The zero-order valence-corrected chi connectivity index (χ0v) is 16.0. The second kappa shape index (κ2) is 8.42. The van der Waals surface area contributed by atoms with Crippen LogP contribution in [0.4, 0.5) is 0 Å². The van der Waals surface area contributed by atoms with Gasteiger partial charge in [-0.1, -0.05) is 18.2 Å². The van der Waals surface area contributed by atoms with Crippen LogP contribution in [0.15, 0.2) is 41.3 Å². The van der Waals surface area contributed by atoms with E-state index in [0.29, 0.717) is 19.6 Å². The molecule has 144 valence electrons. The van der Waals surface area contributed by atoms with Crippen molar-refractivity contribution in [3.63, 3.8) is 0 Å².